The summed E-state index contributed by atoms with van der Waals surface area (Å²) in [6.07, 6.45) is 8.59. The van der Waals surface area contributed by atoms with E-state index in [-0.39, 0.29) is 5.60 Å². The maximum absolute atomic E-state index is 6.43. The van der Waals surface area contributed by atoms with Crippen LogP contribution in [0.15, 0.2) is 41.1 Å². The third kappa shape index (κ3) is 4.00. The van der Waals surface area contributed by atoms with Crippen LogP contribution in [-0.2, 0) is 17.8 Å². The van der Waals surface area contributed by atoms with Crippen LogP contribution in [0.3, 0.4) is 0 Å². The molecule has 2 aromatic rings. The van der Waals surface area contributed by atoms with Crippen LogP contribution >= 0.6 is 0 Å². The summed E-state index contributed by atoms with van der Waals surface area (Å²) < 4.78 is 12.2. The molecule has 5 heteroatoms. The summed E-state index contributed by atoms with van der Waals surface area (Å²) >= 11 is 0. The molecule has 26 heavy (non-hydrogen) atoms. The lowest BCUT2D eigenvalue weighted by Gasteiger charge is -2.49. The van der Waals surface area contributed by atoms with Crippen LogP contribution in [0, 0.1) is 6.92 Å². The van der Waals surface area contributed by atoms with Gasteiger partial charge in [0.25, 0.3) is 0 Å². The van der Waals surface area contributed by atoms with Crippen molar-refractivity contribution >= 4 is 0 Å². The van der Waals surface area contributed by atoms with Gasteiger partial charge in [0, 0.05) is 38.1 Å². The maximum Gasteiger partial charge on any atom is 0.118 e. The first-order valence-corrected chi connectivity index (χ1v) is 9.77. The van der Waals surface area contributed by atoms with E-state index in [1.807, 2.05) is 31.5 Å². The minimum atomic E-state index is -0.0830. The lowest BCUT2D eigenvalue weighted by Crippen LogP contribution is -2.63. The van der Waals surface area contributed by atoms with Crippen LogP contribution < -0.4 is 5.32 Å². The highest BCUT2D eigenvalue weighted by Crippen LogP contribution is 2.35. The number of hydrogen-bond donors (Lipinski definition) is 1. The molecule has 3 heterocycles. The summed E-state index contributed by atoms with van der Waals surface area (Å²) in [4.78, 5) is 6.72. The van der Waals surface area contributed by atoms with E-state index in [4.69, 9.17) is 9.15 Å². The minimum Gasteiger partial charge on any atom is -0.465 e. The Labute approximate surface area is 155 Å². The van der Waals surface area contributed by atoms with Crippen LogP contribution in [0.25, 0.3) is 0 Å². The van der Waals surface area contributed by atoms with Crippen molar-refractivity contribution in [3.63, 3.8) is 0 Å². The van der Waals surface area contributed by atoms with E-state index in [0.29, 0.717) is 6.04 Å². The molecule has 1 aliphatic heterocycles. The Balaban J connectivity index is 1.42. The number of rotatable bonds is 5. The molecule has 2 fully saturated rings. The summed E-state index contributed by atoms with van der Waals surface area (Å²) in [6, 6.07) is 8.65. The van der Waals surface area contributed by atoms with Gasteiger partial charge in [0.05, 0.1) is 18.8 Å². The van der Waals surface area contributed by atoms with Gasteiger partial charge in [-0.15, -0.1) is 0 Å². The number of furan rings is 1. The SMILES string of the molecule is Cc1ccc(CN2CCO[C@]3(CCCC[C@H]3NCc3cccnc3)C2)o1. The van der Waals surface area contributed by atoms with Gasteiger partial charge in [-0.2, -0.15) is 0 Å². The molecule has 2 atom stereocenters. The quantitative estimate of drug-likeness (QED) is 0.892. The van der Waals surface area contributed by atoms with E-state index in [1.54, 1.807) is 0 Å². The van der Waals surface area contributed by atoms with Crippen LogP contribution in [0.2, 0.25) is 0 Å². The molecule has 0 radical (unpaired) electrons. The molecule has 1 saturated heterocycles. The maximum atomic E-state index is 6.43. The summed E-state index contributed by atoms with van der Waals surface area (Å²) in [5, 5.41) is 3.77. The zero-order chi connectivity index (χ0) is 17.8. The number of pyridine rings is 1. The Bertz CT molecular complexity index is 698. The fraction of sp³-hybridized carbons (Fsp3) is 0.571. The standard InChI is InChI=1S/C21H29N3O2/c1-17-7-8-19(26-17)15-24-11-12-25-21(16-24)9-3-2-6-20(21)23-14-18-5-4-10-22-13-18/h4-5,7-8,10,13,20,23H,2-3,6,9,11-12,14-16H2,1H3/t20-,21-/m1/s1. The van der Waals surface area contributed by atoms with Crippen molar-refractivity contribution in [2.45, 2.75) is 57.3 Å². The lowest BCUT2D eigenvalue weighted by atomic mass is 9.78. The average molecular weight is 355 g/mol. The molecule has 2 aliphatic rings. The second-order valence-corrected chi connectivity index (χ2v) is 7.68. The van der Waals surface area contributed by atoms with Crippen molar-refractivity contribution in [2.75, 3.05) is 19.7 Å². The molecule has 2 aromatic heterocycles. The van der Waals surface area contributed by atoms with Gasteiger partial charge in [-0.1, -0.05) is 18.9 Å². The molecule has 1 spiro atoms. The molecule has 1 N–H and O–H groups in total. The molecule has 4 rings (SSSR count). The molecule has 1 saturated carbocycles. The van der Waals surface area contributed by atoms with Crippen molar-refractivity contribution in [3.05, 3.63) is 53.7 Å². The van der Waals surface area contributed by atoms with E-state index < -0.39 is 0 Å². The summed E-state index contributed by atoms with van der Waals surface area (Å²) in [7, 11) is 0. The first-order valence-electron chi connectivity index (χ1n) is 9.77. The van der Waals surface area contributed by atoms with Gasteiger partial charge in [0.1, 0.15) is 11.5 Å². The lowest BCUT2D eigenvalue weighted by molar-refractivity contribution is -0.146. The van der Waals surface area contributed by atoms with Gasteiger partial charge in [0.2, 0.25) is 0 Å². The Morgan fingerprint density at radius 1 is 1.31 bits per heavy atom. The van der Waals surface area contributed by atoms with Crippen LogP contribution in [-0.4, -0.2) is 41.2 Å². The summed E-state index contributed by atoms with van der Waals surface area (Å²) in [5.74, 6) is 2.03. The number of ether oxygens (including phenoxy) is 1. The normalized spacial score (nSPS) is 27.0. The van der Waals surface area contributed by atoms with Crippen molar-refractivity contribution in [2.24, 2.45) is 0 Å². The Morgan fingerprint density at radius 2 is 2.27 bits per heavy atom. The van der Waals surface area contributed by atoms with Gasteiger partial charge in [-0.3, -0.25) is 9.88 Å². The Kier molecular flexibility index (Phi) is 5.38. The number of hydrogen-bond acceptors (Lipinski definition) is 5. The van der Waals surface area contributed by atoms with E-state index in [9.17, 15) is 0 Å². The molecule has 140 valence electrons. The Morgan fingerprint density at radius 3 is 3.08 bits per heavy atom. The number of aromatic nitrogens is 1. The summed E-state index contributed by atoms with van der Waals surface area (Å²) in [6.45, 7) is 6.46. The van der Waals surface area contributed by atoms with Crippen molar-refractivity contribution < 1.29 is 9.15 Å². The van der Waals surface area contributed by atoms with Gasteiger partial charge in [-0.05, 0) is 43.5 Å². The van der Waals surface area contributed by atoms with Gasteiger partial charge in [0.15, 0.2) is 0 Å². The first-order chi connectivity index (χ1) is 12.7. The molecular formula is C21H29N3O2. The van der Waals surface area contributed by atoms with E-state index in [0.717, 1.165) is 50.7 Å². The summed E-state index contributed by atoms with van der Waals surface area (Å²) in [5.41, 5.74) is 1.15. The highest BCUT2D eigenvalue weighted by molar-refractivity contribution is 5.10. The molecule has 1 aliphatic carbocycles. The second kappa shape index (κ2) is 7.91. The van der Waals surface area contributed by atoms with E-state index in [1.165, 1.54) is 24.8 Å². The fourth-order valence-corrected chi connectivity index (χ4v) is 4.41. The molecule has 5 nitrogen and oxygen atoms in total. The minimum absolute atomic E-state index is 0.0830. The number of morpholine rings is 1. The zero-order valence-corrected chi connectivity index (χ0v) is 15.6. The predicted octanol–water partition coefficient (Wildman–Crippen LogP) is 3.29. The molecular weight excluding hydrogens is 326 g/mol. The molecule has 0 unspecified atom stereocenters. The first kappa shape index (κ1) is 17.7. The highest BCUT2D eigenvalue weighted by atomic mass is 16.5. The predicted molar refractivity (Wildman–Crippen MR) is 101 cm³/mol. The highest BCUT2D eigenvalue weighted by Gasteiger charge is 2.45. The van der Waals surface area contributed by atoms with E-state index in [2.05, 4.69) is 27.3 Å². The van der Waals surface area contributed by atoms with E-state index >= 15 is 0 Å². The van der Waals surface area contributed by atoms with Gasteiger partial charge in [-0.25, -0.2) is 0 Å². The van der Waals surface area contributed by atoms with Crippen LogP contribution in [0.1, 0.15) is 42.8 Å². The number of nitrogens with zero attached hydrogens (tertiary/aromatic N) is 2. The topological polar surface area (TPSA) is 50.5 Å². The van der Waals surface area contributed by atoms with Crippen molar-refractivity contribution in [1.29, 1.82) is 0 Å². The number of nitrogens with one attached hydrogen (secondary N) is 1. The van der Waals surface area contributed by atoms with Crippen LogP contribution in [0.4, 0.5) is 0 Å². The van der Waals surface area contributed by atoms with Gasteiger partial charge < -0.3 is 14.5 Å². The smallest absolute Gasteiger partial charge is 0.118 e. The molecule has 0 aromatic carbocycles. The van der Waals surface area contributed by atoms with Crippen molar-refractivity contribution in [1.82, 2.24) is 15.2 Å². The van der Waals surface area contributed by atoms with Crippen LogP contribution in [0.5, 0.6) is 0 Å². The monoisotopic (exact) mass is 355 g/mol. The molecule has 0 bridgehead atoms. The molecule has 0 amide bonds. The van der Waals surface area contributed by atoms with Crippen molar-refractivity contribution in [3.8, 4) is 0 Å². The third-order valence-corrected chi connectivity index (χ3v) is 5.72. The third-order valence-electron chi connectivity index (χ3n) is 5.72. The number of aryl methyl sites for hydroxylation is 1. The fourth-order valence-electron chi connectivity index (χ4n) is 4.41. The zero-order valence-electron chi connectivity index (χ0n) is 15.6. The second-order valence-electron chi connectivity index (χ2n) is 7.68. The largest absolute Gasteiger partial charge is 0.465 e. The van der Waals surface area contributed by atoms with Gasteiger partial charge >= 0.3 is 0 Å². The Hall–Kier alpha value is -1.69. The average Bonchev–Trinajstić information content (AvgIpc) is 3.07.